The average Bonchev–Trinajstić information content (AvgIpc) is 2.92. The molecule has 0 atom stereocenters. The Bertz CT molecular complexity index is 571. The summed E-state index contributed by atoms with van der Waals surface area (Å²) in [6.45, 7) is -0.131. The number of benzene rings is 1. The third kappa shape index (κ3) is 3.09. The fourth-order valence-corrected chi connectivity index (χ4v) is 4.82. The van der Waals surface area contributed by atoms with Gasteiger partial charge in [0.25, 0.3) is 0 Å². The maximum absolute atomic E-state index is 12.8. The number of halogens is 1. The third-order valence-electron chi connectivity index (χ3n) is 3.59. The van der Waals surface area contributed by atoms with Crippen molar-refractivity contribution in [2.75, 3.05) is 18.9 Å². The van der Waals surface area contributed by atoms with E-state index in [1.54, 1.807) is 6.07 Å². The van der Waals surface area contributed by atoms with E-state index in [9.17, 15) is 8.42 Å². The van der Waals surface area contributed by atoms with Crippen LogP contribution in [0.25, 0.3) is 0 Å². The predicted molar refractivity (Wildman–Crippen MR) is 79.1 cm³/mol. The highest BCUT2D eigenvalue weighted by Crippen LogP contribution is 2.32. The lowest BCUT2D eigenvalue weighted by molar-refractivity contribution is 0.226. The Morgan fingerprint density at radius 1 is 1.35 bits per heavy atom. The standard InChI is InChI=1S/C13H19ClN2O3S/c14-12-6-5-10(15)9-13(12)20(18,19)16(7-8-17)11-3-1-2-4-11/h5-6,9,11,17H,1-4,7-8,15H2. The van der Waals surface area contributed by atoms with E-state index in [4.69, 9.17) is 22.4 Å². The van der Waals surface area contributed by atoms with Crippen molar-refractivity contribution in [2.45, 2.75) is 36.6 Å². The van der Waals surface area contributed by atoms with Gasteiger partial charge in [0.15, 0.2) is 0 Å². The maximum atomic E-state index is 12.8. The summed E-state index contributed by atoms with van der Waals surface area (Å²) in [6.07, 6.45) is 3.65. The number of nitrogens with zero attached hydrogens (tertiary/aromatic N) is 1. The molecule has 2 rings (SSSR count). The summed E-state index contributed by atoms with van der Waals surface area (Å²) in [6, 6.07) is 4.35. The molecule has 7 heteroatoms. The fraction of sp³-hybridized carbons (Fsp3) is 0.538. The number of aliphatic hydroxyl groups excluding tert-OH is 1. The molecular formula is C13H19ClN2O3S. The monoisotopic (exact) mass is 318 g/mol. The van der Waals surface area contributed by atoms with Gasteiger partial charge in [-0.05, 0) is 31.0 Å². The topological polar surface area (TPSA) is 83.6 Å². The van der Waals surface area contributed by atoms with Crippen LogP contribution in [0, 0.1) is 0 Å². The summed E-state index contributed by atoms with van der Waals surface area (Å²) in [5.41, 5.74) is 6.01. The molecule has 3 N–H and O–H groups in total. The number of hydrogen-bond donors (Lipinski definition) is 2. The van der Waals surface area contributed by atoms with Gasteiger partial charge in [0.2, 0.25) is 10.0 Å². The van der Waals surface area contributed by atoms with Crippen LogP contribution in [0.2, 0.25) is 5.02 Å². The summed E-state index contributed by atoms with van der Waals surface area (Å²) in [4.78, 5) is 0.0134. The van der Waals surface area contributed by atoms with Crippen LogP contribution in [0.4, 0.5) is 5.69 Å². The molecule has 0 radical (unpaired) electrons. The zero-order chi connectivity index (χ0) is 14.8. The van der Waals surface area contributed by atoms with Crippen molar-refractivity contribution < 1.29 is 13.5 Å². The Labute approximate surface area is 124 Å². The minimum absolute atomic E-state index is 0.0134. The second-order valence-corrected chi connectivity index (χ2v) is 7.23. The molecule has 1 aliphatic carbocycles. The zero-order valence-electron chi connectivity index (χ0n) is 11.1. The van der Waals surface area contributed by atoms with E-state index in [0.717, 1.165) is 25.7 Å². The Balaban J connectivity index is 2.41. The van der Waals surface area contributed by atoms with Crippen LogP contribution in [-0.4, -0.2) is 37.0 Å². The van der Waals surface area contributed by atoms with Crippen molar-refractivity contribution in [1.82, 2.24) is 4.31 Å². The first-order valence-electron chi connectivity index (χ1n) is 6.64. The van der Waals surface area contributed by atoms with Crippen molar-refractivity contribution in [1.29, 1.82) is 0 Å². The molecule has 112 valence electrons. The fourth-order valence-electron chi connectivity index (χ4n) is 2.63. The van der Waals surface area contributed by atoms with Crippen molar-refractivity contribution in [3.05, 3.63) is 23.2 Å². The molecule has 0 unspecified atom stereocenters. The molecule has 0 bridgehead atoms. The quantitative estimate of drug-likeness (QED) is 0.811. The van der Waals surface area contributed by atoms with Gasteiger partial charge >= 0.3 is 0 Å². The van der Waals surface area contributed by atoms with Crippen LogP contribution in [0.5, 0.6) is 0 Å². The molecule has 1 aromatic rings. The first kappa shape index (κ1) is 15.6. The van der Waals surface area contributed by atoms with E-state index in [-0.39, 0.29) is 29.1 Å². The number of hydrogen-bond acceptors (Lipinski definition) is 4. The van der Waals surface area contributed by atoms with E-state index in [1.165, 1.54) is 16.4 Å². The predicted octanol–water partition coefficient (Wildman–Crippen LogP) is 1.85. The van der Waals surface area contributed by atoms with E-state index in [0.29, 0.717) is 5.69 Å². The lowest BCUT2D eigenvalue weighted by Crippen LogP contribution is -2.40. The highest BCUT2D eigenvalue weighted by Gasteiger charge is 2.34. The maximum Gasteiger partial charge on any atom is 0.244 e. The van der Waals surface area contributed by atoms with E-state index in [1.807, 2.05) is 0 Å². The van der Waals surface area contributed by atoms with Gasteiger partial charge in [0, 0.05) is 18.3 Å². The van der Waals surface area contributed by atoms with Gasteiger partial charge in [0.05, 0.1) is 11.6 Å². The number of rotatable bonds is 5. The molecule has 1 aliphatic rings. The summed E-state index contributed by atoms with van der Waals surface area (Å²) < 4.78 is 26.9. The van der Waals surface area contributed by atoms with Crippen LogP contribution >= 0.6 is 11.6 Å². The molecule has 1 fully saturated rings. The molecule has 0 amide bonds. The van der Waals surface area contributed by atoms with Gasteiger partial charge < -0.3 is 10.8 Å². The van der Waals surface area contributed by atoms with Gasteiger partial charge in [-0.2, -0.15) is 4.31 Å². The van der Waals surface area contributed by atoms with Crippen LogP contribution in [0.3, 0.4) is 0 Å². The van der Waals surface area contributed by atoms with E-state index >= 15 is 0 Å². The third-order valence-corrected chi connectivity index (χ3v) is 6.03. The molecule has 5 nitrogen and oxygen atoms in total. The molecule has 0 aliphatic heterocycles. The van der Waals surface area contributed by atoms with E-state index < -0.39 is 10.0 Å². The molecular weight excluding hydrogens is 300 g/mol. The molecule has 20 heavy (non-hydrogen) atoms. The largest absolute Gasteiger partial charge is 0.399 e. The summed E-state index contributed by atoms with van der Waals surface area (Å²) in [7, 11) is -3.74. The molecule has 0 spiro atoms. The lowest BCUT2D eigenvalue weighted by atomic mass is 10.2. The molecule has 0 aromatic heterocycles. The Hall–Kier alpha value is -0.820. The van der Waals surface area contributed by atoms with Crippen LogP contribution < -0.4 is 5.73 Å². The number of nitrogen functional groups attached to an aromatic ring is 1. The normalized spacial score (nSPS) is 16.9. The Morgan fingerprint density at radius 2 is 2.00 bits per heavy atom. The number of sulfonamides is 1. The second kappa shape index (κ2) is 6.30. The Kier molecular flexibility index (Phi) is 4.90. The van der Waals surface area contributed by atoms with Gasteiger partial charge in [-0.1, -0.05) is 24.4 Å². The highest BCUT2D eigenvalue weighted by molar-refractivity contribution is 7.89. The second-order valence-electron chi connectivity index (χ2n) is 4.97. The van der Waals surface area contributed by atoms with Crippen molar-refractivity contribution in [3.8, 4) is 0 Å². The number of anilines is 1. The smallest absolute Gasteiger partial charge is 0.244 e. The van der Waals surface area contributed by atoms with Crippen molar-refractivity contribution >= 4 is 27.3 Å². The summed E-state index contributed by atoms with van der Waals surface area (Å²) in [5.74, 6) is 0. The minimum atomic E-state index is -3.74. The number of aliphatic hydroxyl groups is 1. The van der Waals surface area contributed by atoms with Crippen molar-refractivity contribution in [3.63, 3.8) is 0 Å². The first-order chi connectivity index (χ1) is 9.46. The summed E-state index contributed by atoms with van der Waals surface area (Å²) >= 11 is 6.01. The minimum Gasteiger partial charge on any atom is -0.399 e. The molecule has 0 heterocycles. The van der Waals surface area contributed by atoms with E-state index in [2.05, 4.69) is 0 Å². The lowest BCUT2D eigenvalue weighted by Gasteiger charge is -2.27. The summed E-state index contributed by atoms with van der Waals surface area (Å²) in [5, 5.41) is 9.32. The van der Waals surface area contributed by atoms with Gasteiger partial charge in [-0.15, -0.1) is 0 Å². The molecule has 1 saturated carbocycles. The molecule has 1 aromatic carbocycles. The van der Waals surface area contributed by atoms with Crippen LogP contribution in [-0.2, 0) is 10.0 Å². The number of nitrogens with two attached hydrogens (primary N) is 1. The van der Waals surface area contributed by atoms with Gasteiger partial charge in [0.1, 0.15) is 4.90 Å². The van der Waals surface area contributed by atoms with Gasteiger partial charge in [-0.3, -0.25) is 0 Å². The van der Waals surface area contributed by atoms with Crippen LogP contribution in [0.15, 0.2) is 23.1 Å². The van der Waals surface area contributed by atoms with Crippen molar-refractivity contribution in [2.24, 2.45) is 0 Å². The average molecular weight is 319 g/mol. The SMILES string of the molecule is Nc1ccc(Cl)c(S(=O)(=O)N(CCO)C2CCCC2)c1. The van der Waals surface area contributed by atoms with Crippen LogP contribution in [0.1, 0.15) is 25.7 Å². The Morgan fingerprint density at radius 3 is 2.60 bits per heavy atom. The van der Waals surface area contributed by atoms with Gasteiger partial charge in [-0.25, -0.2) is 8.42 Å². The highest BCUT2D eigenvalue weighted by atomic mass is 35.5. The first-order valence-corrected chi connectivity index (χ1v) is 8.46. The molecule has 0 saturated heterocycles. The zero-order valence-corrected chi connectivity index (χ0v) is 12.7.